The lowest BCUT2D eigenvalue weighted by Gasteiger charge is -2.24. The van der Waals surface area contributed by atoms with Crippen molar-refractivity contribution in [3.63, 3.8) is 0 Å². The average Bonchev–Trinajstić information content (AvgIpc) is 3.40. The fourth-order valence-electron chi connectivity index (χ4n) is 3.65. The smallest absolute Gasteiger partial charge is 0.295 e. The zero-order valence-corrected chi connectivity index (χ0v) is 17.3. The minimum absolute atomic E-state index is 0.126. The second-order valence-electron chi connectivity index (χ2n) is 6.97. The predicted octanol–water partition coefficient (Wildman–Crippen LogP) is 4.42. The van der Waals surface area contributed by atoms with Crippen LogP contribution in [0, 0.1) is 0 Å². The van der Waals surface area contributed by atoms with E-state index in [1.807, 2.05) is 47.8 Å². The van der Waals surface area contributed by atoms with Crippen molar-refractivity contribution < 1.29 is 19.4 Å². The van der Waals surface area contributed by atoms with E-state index in [0.717, 1.165) is 10.4 Å². The van der Waals surface area contributed by atoms with Gasteiger partial charge in [0.15, 0.2) is 0 Å². The van der Waals surface area contributed by atoms with Gasteiger partial charge in [0.1, 0.15) is 11.5 Å². The highest BCUT2D eigenvalue weighted by Crippen LogP contribution is 2.41. The van der Waals surface area contributed by atoms with Crippen LogP contribution in [0.4, 0.5) is 0 Å². The number of methoxy groups -OCH3 is 1. The maximum absolute atomic E-state index is 12.9. The van der Waals surface area contributed by atoms with Gasteiger partial charge < -0.3 is 14.7 Å². The molecule has 152 valence electrons. The number of carbonyl (C=O) groups is 2. The number of ketones is 1. The third kappa shape index (κ3) is 3.74. The minimum atomic E-state index is -0.658. The summed E-state index contributed by atoms with van der Waals surface area (Å²) in [6.07, 6.45) is 0.623. The van der Waals surface area contributed by atoms with Crippen molar-refractivity contribution in [2.75, 3.05) is 13.7 Å². The summed E-state index contributed by atoms with van der Waals surface area (Å²) in [6, 6.07) is 19.8. The zero-order chi connectivity index (χ0) is 21.1. The minimum Gasteiger partial charge on any atom is -0.507 e. The molecule has 1 fully saturated rings. The number of aliphatic hydroxyl groups is 1. The second kappa shape index (κ2) is 8.55. The van der Waals surface area contributed by atoms with Crippen LogP contribution in [0.5, 0.6) is 5.75 Å². The van der Waals surface area contributed by atoms with Crippen molar-refractivity contribution in [3.8, 4) is 5.75 Å². The fourth-order valence-corrected chi connectivity index (χ4v) is 4.50. The Hall–Kier alpha value is -3.38. The number of likely N-dealkylation sites (tertiary alicyclic amines) is 1. The van der Waals surface area contributed by atoms with Crippen molar-refractivity contribution in [2.45, 2.75) is 12.5 Å². The molecule has 1 aliphatic rings. The molecule has 1 amide bonds. The van der Waals surface area contributed by atoms with Crippen LogP contribution in [0.3, 0.4) is 0 Å². The summed E-state index contributed by atoms with van der Waals surface area (Å²) in [6.45, 7) is 0.385. The highest BCUT2D eigenvalue weighted by Gasteiger charge is 2.46. The number of hydrogen-bond acceptors (Lipinski definition) is 5. The third-order valence-corrected chi connectivity index (χ3v) is 6.13. The molecule has 30 heavy (non-hydrogen) atoms. The fraction of sp³-hybridized carbons (Fsp3) is 0.167. The Morgan fingerprint density at radius 2 is 1.77 bits per heavy atom. The second-order valence-corrected chi connectivity index (χ2v) is 7.95. The summed E-state index contributed by atoms with van der Waals surface area (Å²) in [5.41, 5.74) is 1.68. The van der Waals surface area contributed by atoms with Gasteiger partial charge in [0.05, 0.1) is 18.7 Å². The molecule has 0 spiro atoms. The summed E-state index contributed by atoms with van der Waals surface area (Å²) in [5, 5.41) is 12.9. The van der Waals surface area contributed by atoms with Crippen LogP contribution in [-0.2, 0) is 16.0 Å². The van der Waals surface area contributed by atoms with Gasteiger partial charge in [-0.05, 0) is 47.7 Å². The number of amides is 1. The van der Waals surface area contributed by atoms with E-state index in [0.29, 0.717) is 24.3 Å². The van der Waals surface area contributed by atoms with E-state index in [4.69, 9.17) is 4.74 Å². The molecule has 6 heteroatoms. The van der Waals surface area contributed by atoms with E-state index in [9.17, 15) is 14.7 Å². The molecule has 0 bridgehead atoms. The van der Waals surface area contributed by atoms with Crippen molar-refractivity contribution in [3.05, 3.63) is 93.7 Å². The van der Waals surface area contributed by atoms with Crippen LogP contribution < -0.4 is 4.74 Å². The topological polar surface area (TPSA) is 66.8 Å². The molecule has 0 saturated carbocycles. The molecule has 1 N–H and O–H groups in total. The zero-order valence-electron chi connectivity index (χ0n) is 16.4. The summed E-state index contributed by atoms with van der Waals surface area (Å²) in [7, 11) is 1.56. The summed E-state index contributed by atoms with van der Waals surface area (Å²) in [4.78, 5) is 28.2. The SMILES string of the molecule is COc1ccc(/C(O)=C2\C(=O)C(=O)N(CCc3ccccc3)C2c2cccs2)cc1. The molecule has 0 aliphatic carbocycles. The highest BCUT2D eigenvalue weighted by molar-refractivity contribution is 7.10. The van der Waals surface area contributed by atoms with E-state index < -0.39 is 17.7 Å². The van der Waals surface area contributed by atoms with Crippen molar-refractivity contribution in [2.24, 2.45) is 0 Å². The van der Waals surface area contributed by atoms with Crippen molar-refractivity contribution >= 4 is 28.8 Å². The number of benzene rings is 2. The number of aliphatic hydroxyl groups excluding tert-OH is 1. The van der Waals surface area contributed by atoms with E-state index in [2.05, 4.69) is 0 Å². The molecule has 3 aromatic rings. The summed E-state index contributed by atoms with van der Waals surface area (Å²) >= 11 is 1.46. The maximum atomic E-state index is 12.9. The maximum Gasteiger partial charge on any atom is 0.295 e. The molecule has 1 aliphatic heterocycles. The summed E-state index contributed by atoms with van der Waals surface area (Å²) < 4.78 is 5.16. The Labute approximate surface area is 178 Å². The van der Waals surface area contributed by atoms with Crippen LogP contribution in [0.2, 0.25) is 0 Å². The van der Waals surface area contributed by atoms with Gasteiger partial charge in [-0.1, -0.05) is 36.4 Å². The van der Waals surface area contributed by atoms with Crippen LogP contribution >= 0.6 is 11.3 Å². The lowest BCUT2D eigenvalue weighted by molar-refractivity contribution is -0.139. The molecule has 4 rings (SSSR count). The Bertz CT molecular complexity index is 1070. The van der Waals surface area contributed by atoms with Gasteiger partial charge in [0, 0.05) is 17.0 Å². The van der Waals surface area contributed by atoms with E-state index >= 15 is 0 Å². The molecule has 2 heterocycles. The first-order chi connectivity index (χ1) is 14.6. The molecule has 1 unspecified atom stereocenters. The van der Waals surface area contributed by atoms with Crippen molar-refractivity contribution in [1.29, 1.82) is 0 Å². The Kier molecular flexibility index (Phi) is 5.68. The lowest BCUT2D eigenvalue weighted by Crippen LogP contribution is -2.31. The monoisotopic (exact) mass is 419 g/mol. The number of Topliss-reactive ketones (excluding diaryl/α,β-unsaturated/α-hetero) is 1. The molecule has 2 aromatic carbocycles. The van der Waals surface area contributed by atoms with Gasteiger partial charge in [0.25, 0.3) is 11.7 Å². The Morgan fingerprint density at radius 1 is 1.03 bits per heavy atom. The number of carbonyl (C=O) groups excluding carboxylic acids is 2. The van der Waals surface area contributed by atoms with Crippen molar-refractivity contribution in [1.82, 2.24) is 4.90 Å². The third-order valence-electron chi connectivity index (χ3n) is 5.20. The van der Waals surface area contributed by atoms with Crippen LogP contribution in [0.15, 0.2) is 77.7 Å². The normalized spacial score (nSPS) is 18.0. The molecule has 1 atom stereocenters. The van der Waals surface area contributed by atoms with Gasteiger partial charge in [-0.15, -0.1) is 11.3 Å². The quantitative estimate of drug-likeness (QED) is 0.365. The summed E-state index contributed by atoms with van der Waals surface area (Å²) in [5.74, 6) is -0.768. The molecule has 0 radical (unpaired) electrons. The van der Waals surface area contributed by atoms with Gasteiger partial charge in [0.2, 0.25) is 0 Å². The Balaban J connectivity index is 1.73. The van der Waals surface area contributed by atoms with Gasteiger partial charge in [-0.25, -0.2) is 0 Å². The van der Waals surface area contributed by atoms with Gasteiger partial charge in [-0.2, -0.15) is 0 Å². The Morgan fingerprint density at radius 3 is 2.40 bits per heavy atom. The first-order valence-electron chi connectivity index (χ1n) is 9.60. The molecular weight excluding hydrogens is 398 g/mol. The molecule has 5 nitrogen and oxygen atoms in total. The number of rotatable bonds is 6. The lowest BCUT2D eigenvalue weighted by atomic mass is 9.99. The first-order valence-corrected chi connectivity index (χ1v) is 10.5. The van der Waals surface area contributed by atoms with Crippen LogP contribution in [0.1, 0.15) is 22.0 Å². The van der Waals surface area contributed by atoms with E-state index in [1.54, 1.807) is 36.3 Å². The largest absolute Gasteiger partial charge is 0.507 e. The number of nitrogens with zero attached hydrogens (tertiary/aromatic N) is 1. The van der Waals surface area contributed by atoms with Crippen LogP contribution in [0.25, 0.3) is 5.76 Å². The predicted molar refractivity (Wildman–Crippen MR) is 116 cm³/mol. The number of hydrogen-bond donors (Lipinski definition) is 1. The highest BCUT2D eigenvalue weighted by atomic mass is 32.1. The molecular formula is C24H21NO4S. The number of ether oxygens (including phenoxy) is 1. The molecule has 1 aromatic heterocycles. The standard InChI is InChI=1S/C24H21NO4S/c1-29-18-11-9-17(10-12-18)22(26)20-21(19-8-5-15-30-19)25(24(28)23(20)27)14-13-16-6-3-2-4-7-16/h2-12,15,21,26H,13-14H2,1H3/b22-20+. The molecule has 1 saturated heterocycles. The van der Waals surface area contributed by atoms with Gasteiger partial charge >= 0.3 is 0 Å². The van der Waals surface area contributed by atoms with Crippen LogP contribution in [-0.4, -0.2) is 35.4 Å². The average molecular weight is 420 g/mol. The van der Waals surface area contributed by atoms with Gasteiger partial charge in [-0.3, -0.25) is 9.59 Å². The number of thiophene rings is 1. The van der Waals surface area contributed by atoms with E-state index in [1.165, 1.54) is 11.3 Å². The first kappa shape index (κ1) is 19.9. The van der Waals surface area contributed by atoms with E-state index in [-0.39, 0.29) is 11.3 Å².